The molecular formula is C26H24BrNO3. The van der Waals surface area contributed by atoms with E-state index in [1.54, 1.807) is 6.08 Å². The summed E-state index contributed by atoms with van der Waals surface area (Å²) in [7, 11) is 0. The molecule has 2 atom stereocenters. The first-order valence-corrected chi connectivity index (χ1v) is 11.2. The number of ether oxygens (including phenoxy) is 1. The second kappa shape index (κ2) is 9.48. The van der Waals surface area contributed by atoms with Crippen molar-refractivity contribution in [3.63, 3.8) is 0 Å². The van der Waals surface area contributed by atoms with Crippen molar-refractivity contribution in [3.05, 3.63) is 95.0 Å². The van der Waals surface area contributed by atoms with Crippen molar-refractivity contribution < 1.29 is 14.3 Å². The van der Waals surface area contributed by atoms with Crippen LogP contribution in [0, 0.1) is 5.92 Å². The van der Waals surface area contributed by atoms with Crippen molar-refractivity contribution >= 4 is 38.7 Å². The van der Waals surface area contributed by atoms with E-state index in [1.165, 1.54) is 4.90 Å². The zero-order valence-electron chi connectivity index (χ0n) is 17.2. The number of hydrogen-bond acceptors (Lipinski definition) is 3. The molecule has 0 spiro atoms. The van der Waals surface area contributed by atoms with Crippen LogP contribution in [0.25, 0.3) is 10.8 Å². The monoisotopic (exact) mass is 477 g/mol. The molecular weight excluding hydrogens is 454 g/mol. The summed E-state index contributed by atoms with van der Waals surface area (Å²) >= 11 is 3.61. The van der Waals surface area contributed by atoms with Crippen LogP contribution in [0.15, 0.2) is 83.9 Å². The molecule has 158 valence electrons. The molecule has 0 radical (unpaired) electrons. The lowest BCUT2D eigenvalue weighted by Crippen LogP contribution is -2.44. The van der Waals surface area contributed by atoms with Gasteiger partial charge in [0.2, 0.25) is 5.91 Å². The first-order chi connectivity index (χ1) is 15.1. The van der Waals surface area contributed by atoms with Gasteiger partial charge in [0.15, 0.2) is 0 Å². The number of carbonyl (C=O) groups is 2. The minimum atomic E-state index is -0.555. The van der Waals surface area contributed by atoms with Gasteiger partial charge in [-0.3, -0.25) is 4.79 Å². The second-order valence-electron chi connectivity index (χ2n) is 7.81. The van der Waals surface area contributed by atoms with Crippen LogP contribution in [0.5, 0.6) is 0 Å². The van der Waals surface area contributed by atoms with Crippen LogP contribution in [0.1, 0.15) is 17.5 Å². The molecule has 0 bridgehead atoms. The molecule has 4 rings (SSSR count). The summed E-state index contributed by atoms with van der Waals surface area (Å²) in [4.78, 5) is 27.3. The molecule has 4 nitrogen and oxygen atoms in total. The first-order valence-electron chi connectivity index (χ1n) is 10.4. The van der Waals surface area contributed by atoms with E-state index < -0.39 is 6.09 Å². The van der Waals surface area contributed by atoms with Crippen LogP contribution in [-0.4, -0.2) is 29.5 Å². The molecule has 31 heavy (non-hydrogen) atoms. The molecule has 0 aromatic heterocycles. The molecule has 0 aliphatic carbocycles. The molecule has 0 saturated carbocycles. The number of imide groups is 1. The van der Waals surface area contributed by atoms with Gasteiger partial charge in [-0.2, -0.15) is 0 Å². The van der Waals surface area contributed by atoms with E-state index in [2.05, 4.69) is 34.6 Å². The van der Waals surface area contributed by atoms with E-state index >= 15 is 0 Å². The summed E-state index contributed by atoms with van der Waals surface area (Å²) in [5, 5.41) is 2.20. The molecule has 2 amide bonds. The van der Waals surface area contributed by atoms with Gasteiger partial charge in [-0.1, -0.05) is 82.7 Å². The third kappa shape index (κ3) is 4.57. The summed E-state index contributed by atoms with van der Waals surface area (Å²) in [5.41, 5.74) is 2.15. The topological polar surface area (TPSA) is 46.6 Å². The molecule has 2 unspecified atom stereocenters. The summed E-state index contributed by atoms with van der Waals surface area (Å²) < 4.78 is 6.29. The first kappa shape index (κ1) is 21.3. The fourth-order valence-corrected chi connectivity index (χ4v) is 4.68. The van der Waals surface area contributed by atoms with Crippen LogP contribution in [-0.2, 0) is 22.4 Å². The van der Waals surface area contributed by atoms with E-state index in [1.807, 2.05) is 54.6 Å². The number of fused-ring (bicyclic) bond motifs is 1. The Morgan fingerprint density at radius 2 is 1.81 bits per heavy atom. The van der Waals surface area contributed by atoms with Gasteiger partial charge in [-0.05, 0) is 47.2 Å². The highest BCUT2D eigenvalue weighted by Crippen LogP contribution is 2.30. The van der Waals surface area contributed by atoms with Gasteiger partial charge in [-0.15, -0.1) is 6.58 Å². The van der Waals surface area contributed by atoms with Crippen LogP contribution >= 0.6 is 15.9 Å². The number of benzene rings is 3. The maximum atomic E-state index is 13.5. The Balaban J connectivity index is 1.60. The number of amides is 2. The van der Waals surface area contributed by atoms with Gasteiger partial charge < -0.3 is 4.74 Å². The number of allylic oxidation sites excluding steroid dienone is 1. The Labute approximate surface area is 190 Å². The minimum absolute atomic E-state index is 0.199. The van der Waals surface area contributed by atoms with Gasteiger partial charge in [0.25, 0.3) is 0 Å². The Bertz CT molecular complexity index is 1110. The van der Waals surface area contributed by atoms with E-state index in [-0.39, 0.29) is 24.5 Å². The Morgan fingerprint density at radius 1 is 1.10 bits per heavy atom. The van der Waals surface area contributed by atoms with Crippen molar-refractivity contribution in [2.24, 2.45) is 5.92 Å². The number of rotatable bonds is 7. The average molecular weight is 478 g/mol. The van der Waals surface area contributed by atoms with Gasteiger partial charge in [0.05, 0.1) is 6.04 Å². The summed E-state index contributed by atoms with van der Waals surface area (Å²) in [6.07, 6.45) is 2.80. The van der Waals surface area contributed by atoms with Crippen molar-refractivity contribution in [3.8, 4) is 0 Å². The van der Waals surface area contributed by atoms with Crippen molar-refractivity contribution in [1.82, 2.24) is 4.90 Å². The van der Waals surface area contributed by atoms with E-state index in [4.69, 9.17) is 4.74 Å². The highest BCUT2D eigenvalue weighted by molar-refractivity contribution is 9.10. The summed E-state index contributed by atoms with van der Waals surface area (Å²) in [6.45, 7) is 4.06. The molecule has 3 aromatic rings. The average Bonchev–Trinajstić information content (AvgIpc) is 3.15. The Hall–Kier alpha value is -2.92. The Kier molecular flexibility index (Phi) is 6.52. The number of nitrogens with zero attached hydrogens (tertiary/aromatic N) is 1. The highest BCUT2D eigenvalue weighted by atomic mass is 79.9. The lowest BCUT2D eigenvalue weighted by molar-refractivity contribution is -0.133. The fourth-order valence-electron chi connectivity index (χ4n) is 4.20. The van der Waals surface area contributed by atoms with Crippen molar-refractivity contribution in [1.29, 1.82) is 0 Å². The van der Waals surface area contributed by atoms with E-state index in [0.29, 0.717) is 19.3 Å². The smallest absolute Gasteiger partial charge is 0.416 e. The van der Waals surface area contributed by atoms with Crippen LogP contribution in [0.3, 0.4) is 0 Å². The van der Waals surface area contributed by atoms with Gasteiger partial charge >= 0.3 is 6.09 Å². The van der Waals surface area contributed by atoms with Crippen LogP contribution in [0.2, 0.25) is 0 Å². The Morgan fingerprint density at radius 3 is 2.55 bits per heavy atom. The fraction of sp³-hybridized carbons (Fsp3) is 0.231. The van der Waals surface area contributed by atoms with Gasteiger partial charge in [0.1, 0.15) is 6.61 Å². The predicted octanol–water partition coefficient (Wildman–Crippen LogP) is 5.93. The van der Waals surface area contributed by atoms with Crippen LogP contribution in [0.4, 0.5) is 4.79 Å². The number of carbonyl (C=O) groups excluding carboxylic acids is 2. The quantitative estimate of drug-likeness (QED) is 0.396. The molecule has 1 saturated heterocycles. The van der Waals surface area contributed by atoms with Gasteiger partial charge in [-0.25, -0.2) is 9.69 Å². The predicted molar refractivity (Wildman–Crippen MR) is 126 cm³/mol. The maximum absolute atomic E-state index is 13.5. The largest absolute Gasteiger partial charge is 0.447 e. The SMILES string of the molecule is C=CCC(Cc1ccc(Br)c2ccccc12)C(=O)N1C(=O)OCC1Cc1ccccc1. The molecule has 1 fully saturated rings. The normalized spacial score (nSPS) is 16.9. The molecule has 3 aromatic carbocycles. The molecule has 1 heterocycles. The standard InChI is InChI=1S/C26H24BrNO3/c1-2-8-20(16-19-13-14-24(27)23-12-7-6-11-22(19)23)25(29)28-21(17-31-26(28)30)15-18-9-4-3-5-10-18/h2-7,9-14,20-21H,1,8,15-17H2. The summed E-state index contributed by atoms with van der Waals surface area (Å²) in [6, 6.07) is 21.7. The zero-order valence-corrected chi connectivity index (χ0v) is 18.8. The highest BCUT2D eigenvalue weighted by Gasteiger charge is 2.40. The minimum Gasteiger partial charge on any atom is -0.447 e. The van der Waals surface area contributed by atoms with E-state index in [9.17, 15) is 9.59 Å². The van der Waals surface area contributed by atoms with Crippen molar-refractivity contribution in [2.45, 2.75) is 25.3 Å². The third-order valence-corrected chi connectivity index (χ3v) is 6.43. The second-order valence-corrected chi connectivity index (χ2v) is 8.66. The zero-order chi connectivity index (χ0) is 21.8. The molecule has 0 N–H and O–H groups in total. The van der Waals surface area contributed by atoms with Crippen LogP contribution < -0.4 is 0 Å². The third-order valence-electron chi connectivity index (χ3n) is 5.74. The lowest BCUT2D eigenvalue weighted by atomic mass is 9.91. The van der Waals surface area contributed by atoms with E-state index in [0.717, 1.165) is 26.4 Å². The molecule has 1 aliphatic rings. The van der Waals surface area contributed by atoms with Crippen molar-refractivity contribution in [2.75, 3.05) is 6.61 Å². The number of halogens is 1. The molecule has 5 heteroatoms. The lowest BCUT2D eigenvalue weighted by Gasteiger charge is -2.25. The maximum Gasteiger partial charge on any atom is 0.416 e. The number of cyclic esters (lactones) is 1. The molecule has 1 aliphatic heterocycles. The number of hydrogen-bond donors (Lipinski definition) is 0. The van der Waals surface area contributed by atoms with Gasteiger partial charge in [0, 0.05) is 10.4 Å². The summed E-state index contributed by atoms with van der Waals surface area (Å²) in [5.74, 6) is -0.582.